The van der Waals surface area contributed by atoms with E-state index in [4.69, 9.17) is 4.52 Å². The first-order chi connectivity index (χ1) is 10.0. The second-order valence-corrected chi connectivity index (χ2v) is 7.29. The molecule has 4 nitrogen and oxygen atoms in total. The number of hydrogen-bond acceptors (Lipinski definition) is 3. The summed E-state index contributed by atoms with van der Waals surface area (Å²) in [5.41, 5.74) is 0.442. The molecule has 4 heteroatoms. The summed E-state index contributed by atoms with van der Waals surface area (Å²) in [5, 5.41) is 7.15. The molecule has 2 aliphatic carbocycles. The van der Waals surface area contributed by atoms with Crippen molar-refractivity contribution in [2.24, 2.45) is 17.8 Å². The van der Waals surface area contributed by atoms with Crippen molar-refractivity contribution in [3.05, 3.63) is 17.5 Å². The first kappa shape index (κ1) is 14.6. The van der Waals surface area contributed by atoms with Crippen LogP contribution in [-0.2, 0) is 0 Å². The highest BCUT2D eigenvalue weighted by molar-refractivity contribution is 5.92. The lowest BCUT2D eigenvalue weighted by Crippen LogP contribution is -2.45. The Morgan fingerprint density at radius 1 is 1.33 bits per heavy atom. The maximum absolute atomic E-state index is 12.4. The van der Waals surface area contributed by atoms with Crippen molar-refractivity contribution >= 4 is 5.91 Å². The minimum atomic E-state index is -0.0737. The molecule has 2 fully saturated rings. The number of nitrogens with zero attached hydrogens (tertiary/aromatic N) is 1. The summed E-state index contributed by atoms with van der Waals surface area (Å²) in [6.45, 7) is 6.78. The summed E-state index contributed by atoms with van der Waals surface area (Å²) >= 11 is 0. The highest BCUT2D eigenvalue weighted by Crippen LogP contribution is 2.40. The van der Waals surface area contributed by atoms with Gasteiger partial charge in [-0.25, -0.2) is 0 Å². The van der Waals surface area contributed by atoms with Gasteiger partial charge in [-0.2, -0.15) is 0 Å². The molecule has 0 saturated heterocycles. The summed E-state index contributed by atoms with van der Waals surface area (Å²) in [6, 6.07) is 2.09. The molecule has 0 bridgehead atoms. The molecule has 0 radical (unpaired) electrons. The third-order valence-corrected chi connectivity index (χ3v) is 5.08. The summed E-state index contributed by atoms with van der Waals surface area (Å²) in [4.78, 5) is 12.4. The Labute approximate surface area is 126 Å². The monoisotopic (exact) mass is 290 g/mol. The number of carbonyl (C=O) groups excluding carboxylic acids is 1. The lowest BCUT2D eigenvalue weighted by atomic mass is 9.74. The van der Waals surface area contributed by atoms with Gasteiger partial charge in [0.15, 0.2) is 5.69 Å². The van der Waals surface area contributed by atoms with Gasteiger partial charge in [-0.1, -0.05) is 32.3 Å². The Balaban J connectivity index is 1.66. The normalized spacial score (nSPS) is 29.6. The summed E-state index contributed by atoms with van der Waals surface area (Å²) in [7, 11) is 0. The zero-order chi connectivity index (χ0) is 15.0. The molecule has 3 unspecified atom stereocenters. The highest BCUT2D eigenvalue weighted by Gasteiger charge is 2.33. The van der Waals surface area contributed by atoms with E-state index in [-0.39, 0.29) is 11.9 Å². The van der Waals surface area contributed by atoms with Crippen LogP contribution in [0.3, 0.4) is 0 Å². The Hall–Kier alpha value is -1.32. The standard InChI is InChI=1S/C17H26N2O2/c1-10(2)13-7-4-11(3)8-14(13)18-17(20)15-9-16(21-19-15)12-5-6-12/h9-14H,4-8H2,1-3H3,(H,18,20). The smallest absolute Gasteiger partial charge is 0.273 e. The van der Waals surface area contributed by atoms with Crippen molar-refractivity contribution in [3.63, 3.8) is 0 Å². The quantitative estimate of drug-likeness (QED) is 0.919. The van der Waals surface area contributed by atoms with Crippen molar-refractivity contribution in [1.82, 2.24) is 10.5 Å². The Kier molecular flexibility index (Phi) is 4.05. The van der Waals surface area contributed by atoms with Gasteiger partial charge in [0.05, 0.1) is 0 Å². The predicted octanol–water partition coefficient (Wildman–Crippen LogP) is 3.74. The van der Waals surface area contributed by atoms with E-state index < -0.39 is 0 Å². The van der Waals surface area contributed by atoms with Crippen LogP contribution in [0.5, 0.6) is 0 Å². The van der Waals surface area contributed by atoms with Gasteiger partial charge in [0.2, 0.25) is 0 Å². The average Bonchev–Trinajstić information content (AvgIpc) is 3.16. The second kappa shape index (κ2) is 5.82. The van der Waals surface area contributed by atoms with Crippen molar-refractivity contribution in [2.75, 3.05) is 0 Å². The van der Waals surface area contributed by atoms with Crippen LogP contribution < -0.4 is 5.32 Å². The predicted molar refractivity (Wildman–Crippen MR) is 81.1 cm³/mol. The molecule has 2 saturated carbocycles. The SMILES string of the molecule is CC1CCC(C(C)C)C(NC(=O)c2cc(C3CC3)on2)C1. The third kappa shape index (κ3) is 3.30. The molecule has 3 rings (SSSR count). The van der Waals surface area contributed by atoms with E-state index in [0.29, 0.717) is 29.4 Å². The van der Waals surface area contributed by atoms with Gasteiger partial charge >= 0.3 is 0 Å². The number of aromatic nitrogens is 1. The Bertz CT molecular complexity index is 505. The summed E-state index contributed by atoms with van der Waals surface area (Å²) in [5.74, 6) is 3.15. The first-order valence-corrected chi connectivity index (χ1v) is 8.32. The minimum absolute atomic E-state index is 0.0737. The van der Waals surface area contributed by atoms with Crippen molar-refractivity contribution in [3.8, 4) is 0 Å². The van der Waals surface area contributed by atoms with Crippen LogP contribution in [0, 0.1) is 17.8 Å². The first-order valence-electron chi connectivity index (χ1n) is 8.32. The second-order valence-electron chi connectivity index (χ2n) is 7.29. The molecule has 0 aliphatic heterocycles. The Morgan fingerprint density at radius 3 is 2.76 bits per heavy atom. The fourth-order valence-electron chi connectivity index (χ4n) is 3.57. The van der Waals surface area contributed by atoms with Gasteiger partial charge in [0, 0.05) is 18.0 Å². The van der Waals surface area contributed by atoms with Crippen molar-refractivity contribution in [1.29, 1.82) is 0 Å². The van der Waals surface area contributed by atoms with E-state index >= 15 is 0 Å². The molecule has 1 heterocycles. The van der Waals surface area contributed by atoms with E-state index in [1.165, 1.54) is 12.8 Å². The van der Waals surface area contributed by atoms with Crippen LogP contribution in [0.15, 0.2) is 10.6 Å². The summed E-state index contributed by atoms with van der Waals surface area (Å²) in [6.07, 6.45) is 5.86. The molecule has 21 heavy (non-hydrogen) atoms. The largest absolute Gasteiger partial charge is 0.360 e. The van der Waals surface area contributed by atoms with Crippen LogP contribution in [0.4, 0.5) is 0 Å². The molecule has 2 aliphatic rings. The third-order valence-electron chi connectivity index (χ3n) is 5.08. The van der Waals surface area contributed by atoms with E-state index in [1.54, 1.807) is 0 Å². The zero-order valence-corrected chi connectivity index (χ0v) is 13.3. The van der Waals surface area contributed by atoms with Gasteiger partial charge in [0.25, 0.3) is 5.91 Å². The molecule has 3 atom stereocenters. The van der Waals surface area contributed by atoms with Crippen LogP contribution in [-0.4, -0.2) is 17.1 Å². The van der Waals surface area contributed by atoms with Crippen LogP contribution in [0.1, 0.15) is 75.0 Å². The van der Waals surface area contributed by atoms with Gasteiger partial charge in [0.1, 0.15) is 5.76 Å². The topological polar surface area (TPSA) is 55.1 Å². The maximum atomic E-state index is 12.4. The number of carbonyl (C=O) groups is 1. The molecule has 0 spiro atoms. The average molecular weight is 290 g/mol. The highest BCUT2D eigenvalue weighted by atomic mass is 16.5. The van der Waals surface area contributed by atoms with E-state index in [9.17, 15) is 4.79 Å². The number of nitrogens with one attached hydrogen (secondary N) is 1. The molecule has 1 aromatic heterocycles. The lowest BCUT2D eigenvalue weighted by molar-refractivity contribution is 0.0859. The fourth-order valence-corrected chi connectivity index (χ4v) is 3.57. The number of amides is 1. The van der Waals surface area contributed by atoms with Crippen LogP contribution in [0.2, 0.25) is 0 Å². The van der Waals surface area contributed by atoms with Crippen LogP contribution >= 0.6 is 0 Å². The van der Waals surface area contributed by atoms with Gasteiger partial charge in [-0.05, 0) is 43.4 Å². The number of hydrogen-bond donors (Lipinski definition) is 1. The Morgan fingerprint density at radius 2 is 2.10 bits per heavy atom. The molecule has 1 amide bonds. The molecular weight excluding hydrogens is 264 g/mol. The minimum Gasteiger partial charge on any atom is -0.360 e. The summed E-state index contributed by atoms with van der Waals surface area (Å²) < 4.78 is 5.28. The molecular formula is C17H26N2O2. The van der Waals surface area contributed by atoms with E-state index in [1.807, 2.05) is 6.07 Å². The zero-order valence-electron chi connectivity index (χ0n) is 13.3. The van der Waals surface area contributed by atoms with Gasteiger partial charge in [-0.3, -0.25) is 4.79 Å². The molecule has 1 aromatic rings. The van der Waals surface area contributed by atoms with Gasteiger partial charge in [-0.15, -0.1) is 0 Å². The molecule has 116 valence electrons. The molecule has 0 aromatic carbocycles. The maximum Gasteiger partial charge on any atom is 0.273 e. The van der Waals surface area contributed by atoms with Gasteiger partial charge < -0.3 is 9.84 Å². The number of rotatable bonds is 4. The van der Waals surface area contributed by atoms with Crippen molar-refractivity contribution in [2.45, 2.75) is 64.8 Å². The van der Waals surface area contributed by atoms with Crippen molar-refractivity contribution < 1.29 is 9.32 Å². The molecule has 1 N–H and O–H groups in total. The van der Waals surface area contributed by atoms with E-state index in [2.05, 4.69) is 31.2 Å². The fraction of sp³-hybridized carbons (Fsp3) is 0.765. The van der Waals surface area contributed by atoms with E-state index in [0.717, 1.165) is 25.0 Å². The van der Waals surface area contributed by atoms with Crippen LogP contribution in [0.25, 0.3) is 0 Å². The lowest BCUT2D eigenvalue weighted by Gasteiger charge is -2.37.